The molecule has 1 aromatic heterocycles. The van der Waals surface area contributed by atoms with Gasteiger partial charge in [0, 0.05) is 40.1 Å². The highest BCUT2D eigenvalue weighted by Gasteiger charge is 2.25. The summed E-state index contributed by atoms with van der Waals surface area (Å²) in [6, 6.07) is 18.8. The van der Waals surface area contributed by atoms with E-state index in [0.717, 1.165) is 32.7 Å². The maximum Gasteiger partial charge on any atom is 0.245 e. The maximum atomic E-state index is 13.0. The lowest BCUT2D eigenvalue weighted by Gasteiger charge is -2.25. The zero-order valence-electron chi connectivity index (χ0n) is 19.7. The fourth-order valence-corrected chi connectivity index (χ4v) is 5.56. The molecule has 1 aliphatic heterocycles. The number of nitrogens with one attached hydrogen (secondary N) is 1. The molecule has 0 atom stereocenters. The number of amides is 1. The number of ether oxygens (including phenoxy) is 2. The van der Waals surface area contributed by atoms with Crippen molar-refractivity contribution in [1.82, 2.24) is 4.57 Å². The van der Waals surface area contributed by atoms with Gasteiger partial charge < -0.3 is 19.4 Å². The van der Waals surface area contributed by atoms with Crippen LogP contribution in [0.3, 0.4) is 0 Å². The number of hydrogen-bond acceptors (Lipinski definition) is 5. The molecule has 8 nitrogen and oxygen atoms in total. The topological polar surface area (TPSA) is 89.9 Å². The van der Waals surface area contributed by atoms with Gasteiger partial charge in [-0.05, 0) is 50.2 Å². The number of aryl methyl sites for hydroxylation is 1. The van der Waals surface area contributed by atoms with Crippen LogP contribution in [-0.4, -0.2) is 44.4 Å². The summed E-state index contributed by atoms with van der Waals surface area (Å²) < 4.78 is 40.2. The summed E-state index contributed by atoms with van der Waals surface area (Å²) in [6.45, 7) is 4.94. The van der Waals surface area contributed by atoms with Gasteiger partial charge in [-0.25, -0.2) is 8.42 Å². The lowest BCUT2D eigenvalue weighted by Crippen LogP contribution is -2.39. The zero-order valence-corrected chi connectivity index (χ0v) is 20.5. The normalized spacial score (nSPS) is 13.2. The monoisotopic (exact) mass is 493 g/mol. The molecule has 2 heterocycles. The molecule has 35 heavy (non-hydrogen) atoms. The summed E-state index contributed by atoms with van der Waals surface area (Å²) in [6.07, 6.45) is 0. The Morgan fingerprint density at radius 2 is 1.69 bits per heavy atom. The molecule has 9 heteroatoms. The summed E-state index contributed by atoms with van der Waals surface area (Å²) in [5.41, 5.74) is 3.18. The first-order chi connectivity index (χ1) is 16.9. The van der Waals surface area contributed by atoms with Crippen LogP contribution in [0.25, 0.3) is 21.8 Å². The van der Waals surface area contributed by atoms with Crippen LogP contribution in [0.5, 0.6) is 11.5 Å². The van der Waals surface area contributed by atoms with Crippen molar-refractivity contribution >= 4 is 49.1 Å². The van der Waals surface area contributed by atoms with Crippen LogP contribution >= 0.6 is 0 Å². The number of para-hydroxylation sites is 1. The van der Waals surface area contributed by atoms with Gasteiger partial charge in [-0.3, -0.25) is 9.10 Å². The predicted octanol–water partition coefficient (Wildman–Crippen LogP) is 4.38. The lowest BCUT2D eigenvalue weighted by molar-refractivity contribution is -0.114. The summed E-state index contributed by atoms with van der Waals surface area (Å²) in [4.78, 5) is 13.0. The summed E-state index contributed by atoms with van der Waals surface area (Å²) >= 11 is 0. The molecule has 1 aliphatic rings. The first-order valence-corrected chi connectivity index (χ1v) is 13.2. The average Bonchev–Trinajstić information content (AvgIpc) is 3.20. The van der Waals surface area contributed by atoms with E-state index in [4.69, 9.17) is 9.47 Å². The third-order valence-corrected chi connectivity index (χ3v) is 7.91. The van der Waals surface area contributed by atoms with Gasteiger partial charge in [0.2, 0.25) is 15.9 Å². The van der Waals surface area contributed by atoms with Crippen molar-refractivity contribution in [2.24, 2.45) is 0 Å². The molecule has 0 fully saturated rings. The van der Waals surface area contributed by atoms with E-state index in [2.05, 4.69) is 28.9 Å². The van der Waals surface area contributed by atoms with Gasteiger partial charge in [0.25, 0.3) is 0 Å². The van der Waals surface area contributed by atoms with Crippen molar-refractivity contribution in [1.29, 1.82) is 0 Å². The van der Waals surface area contributed by atoms with Crippen LogP contribution in [-0.2, 0) is 21.4 Å². The summed E-state index contributed by atoms with van der Waals surface area (Å²) in [5.74, 6) is 0.438. The van der Waals surface area contributed by atoms with Crippen LogP contribution < -0.4 is 19.1 Å². The minimum atomic E-state index is -3.72. The molecule has 0 aliphatic carbocycles. The molecular weight excluding hydrogens is 466 g/mol. The van der Waals surface area contributed by atoms with E-state index in [1.165, 1.54) is 0 Å². The Labute approximate surface area is 204 Å². The smallest absolute Gasteiger partial charge is 0.245 e. The Hall–Kier alpha value is -3.72. The summed E-state index contributed by atoms with van der Waals surface area (Å²) in [7, 11) is -3.72. The Balaban J connectivity index is 1.43. The number of fused-ring (bicyclic) bond motifs is 4. The van der Waals surface area contributed by atoms with Crippen LogP contribution in [0.2, 0.25) is 0 Å². The molecule has 0 unspecified atom stereocenters. The first kappa shape index (κ1) is 23.0. The minimum absolute atomic E-state index is 0.142. The van der Waals surface area contributed by atoms with Gasteiger partial charge >= 0.3 is 0 Å². The Kier molecular flexibility index (Phi) is 6.02. The van der Waals surface area contributed by atoms with Crippen molar-refractivity contribution in [2.45, 2.75) is 20.4 Å². The number of benzene rings is 3. The number of carbonyl (C=O) groups is 1. The fourth-order valence-electron chi connectivity index (χ4n) is 4.50. The molecule has 0 saturated carbocycles. The number of rotatable bonds is 7. The van der Waals surface area contributed by atoms with Gasteiger partial charge in [-0.2, -0.15) is 0 Å². The van der Waals surface area contributed by atoms with E-state index in [0.29, 0.717) is 36.1 Å². The first-order valence-electron chi connectivity index (χ1n) is 11.6. The van der Waals surface area contributed by atoms with Gasteiger partial charge in [0.1, 0.15) is 19.8 Å². The van der Waals surface area contributed by atoms with E-state index in [9.17, 15) is 13.2 Å². The zero-order chi connectivity index (χ0) is 24.6. The molecule has 0 saturated heterocycles. The highest BCUT2D eigenvalue weighted by Crippen LogP contribution is 2.35. The molecular formula is C26H27N3O5S. The van der Waals surface area contributed by atoms with E-state index in [-0.39, 0.29) is 12.3 Å². The number of carbonyl (C=O) groups excluding carboxylic acids is 1. The third kappa shape index (κ3) is 4.27. The van der Waals surface area contributed by atoms with E-state index < -0.39 is 15.9 Å². The Bertz CT molecular complexity index is 1530. The predicted molar refractivity (Wildman–Crippen MR) is 138 cm³/mol. The van der Waals surface area contributed by atoms with Crippen molar-refractivity contribution in [3.8, 4) is 11.5 Å². The maximum absolute atomic E-state index is 13.0. The van der Waals surface area contributed by atoms with E-state index in [1.807, 2.05) is 30.3 Å². The minimum Gasteiger partial charge on any atom is -0.486 e. The van der Waals surface area contributed by atoms with E-state index >= 15 is 0 Å². The van der Waals surface area contributed by atoms with Crippen molar-refractivity contribution in [3.63, 3.8) is 0 Å². The molecule has 182 valence electrons. The number of hydrogen-bond donors (Lipinski definition) is 1. The molecule has 1 N–H and O–H groups in total. The second-order valence-corrected chi connectivity index (χ2v) is 10.5. The largest absolute Gasteiger partial charge is 0.486 e. The molecule has 0 radical (unpaired) electrons. The average molecular weight is 494 g/mol. The number of anilines is 2. The standard InChI is InChI=1S/C26H27N3O5S/c1-3-28-22-8-6-5-7-20(22)21-15-18(9-11-23(21)28)27-26(30)17-29(35(31,32)4-2)19-10-12-24-25(16-19)34-14-13-33-24/h5-12,15-16H,3-4,13-14,17H2,1-2H3,(H,27,30). The Morgan fingerprint density at radius 3 is 2.46 bits per heavy atom. The van der Waals surface area contributed by atoms with Gasteiger partial charge in [-0.1, -0.05) is 18.2 Å². The van der Waals surface area contributed by atoms with Crippen molar-refractivity contribution < 1.29 is 22.7 Å². The van der Waals surface area contributed by atoms with Crippen LogP contribution in [0.1, 0.15) is 13.8 Å². The fraction of sp³-hybridized carbons (Fsp3) is 0.269. The Morgan fingerprint density at radius 1 is 0.943 bits per heavy atom. The van der Waals surface area contributed by atoms with E-state index in [1.54, 1.807) is 25.1 Å². The van der Waals surface area contributed by atoms with Crippen LogP contribution in [0.15, 0.2) is 60.7 Å². The SMILES string of the molecule is CCn1c2ccccc2c2cc(NC(=O)CN(c3ccc4c(c3)OCCO4)S(=O)(=O)CC)ccc21. The highest BCUT2D eigenvalue weighted by molar-refractivity contribution is 7.92. The molecule has 1 amide bonds. The number of nitrogens with zero attached hydrogens (tertiary/aromatic N) is 2. The highest BCUT2D eigenvalue weighted by atomic mass is 32.2. The second-order valence-electron chi connectivity index (χ2n) is 8.28. The van der Waals surface area contributed by atoms with Crippen LogP contribution in [0.4, 0.5) is 11.4 Å². The van der Waals surface area contributed by atoms with Gasteiger partial charge in [-0.15, -0.1) is 0 Å². The van der Waals surface area contributed by atoms with Gasteiger partial charge in [0.15, 0.2) is 11.5 Å². The summed E-state index contributed by atoms with van der Waals surface area (Å²) in [5, 5.41) is 5.01. The molecule has 0 spiro atoms. The van der Waals surface area contributed by atoms with Gasteiger partial charge in [0.05, 0.1) is 11.4 Å². The molecule has 5 rings (SSSR count). The van der Waals surface area contributed by atoms with Crippen molar-refractivity contribution in [2.75, 3.05) is 35.1 Å². The molecule has 3 aromatic carbocycles. The van der Waals surface area contributed by atoms with Crippen molar-refractivity contribution in [3.05, 3.63) is 60.7 Å². The molecule has 0 bridgehead atoms. The molecule has 4 aromatic rings. The number of aromatic nitrogens is 1. The second kappa shape index (κ2) is 9.14. The quantitative estimate of drug-likeness (QED) is 0.413. The lowest BCUT2D eigenvalue weighted by atomic mass is 10.1. The number of sulfonamides is 1. The van der Waals surface area contributed by atoms with Crippen LogP contribution in [0, 0.1) is 0 Å². The third-order valence-electron chi connectivity index (χ3n) is 6.17.